The monoisotopic (exact) mass is 472 g/mol. The standard InChI is InChI=1S/C27H24N2O4S/c1-18-3-7-21(8-4-18)17-33-23-13-9-20(10-14-23)15-24-26(31)29(27(32)34-24)16-25(30)28-22-11-5-19(2)6-12-22/h3-15H,16-17H2,1-2H3,(H,28,30)/b24-15+. The predicted molar refractivity (Wildman–Crippen MR) is 134 cm³/mol. The van der Waals surface area contributed by atoms with E-state index in [0.717, 1.165) is 33.4 Å². The molecule has 1 aliphatic heterocycles. The van der Waals surface area contributed by atoms with Crippen LogP contribution >= 0.6 is 11.8 Å². The Bertz CT molecular complexity index is 1230. The maximum Gasteiger partial charge on any atom is 0.294 e. The Morgan fingerprint density at radius 2 is 1.53 bits per heavy atom. The van der Waals surface area contributed by atoms with E-state index in [1.165, 1.54) is 5.56 Å². The van der Waals surface area contributed by atoms with Gasteiger partial charge >= 0.3 is 0 Å². The smallest absolute Gasteiger partial charge is 0.294 e. The fraction of sp³-hybridized carbons (Fsp3) is 0.148. The van der Waals surface area contributed by atoms with Gasteiger partial charge in [-0.15, -0.1) is 0 Å². The first kappa shape index (κ1) is 23.3. The molecule has 0 unspecified atom stereocenters. The molecule has 3 aromatic rings. The molecule has 34 heavy (non-hydrogen) atoms. The van der Waals surface area contributed by atoms with Crippen LogP contribution in [0, 0.1) is 13.8 Å². The summed E-state index contributed by atoms with van der Waals surface area (Å²) in [6.45, 7) is 4.12. The molecule has 0 bridgehead atoms. The quantitative estimate of drug-likeness (QED) is 0.456. The van der Waals surface area contributed by atoms with Gasteiger partial charge < -0.3 is 10.1 Å². The average Bonchev–Trinajstić information content (AvgIpc) is 3.08. The van der Waals surface area contributed by atoms with Crippen molar-refractivity contribution < 1.29 is 19.1 Å². The molecule has 7 heteroatoms. The van der Waals surface area contributed by atoms with E-state index in [-0.39, 0.29) is 11.4 Å². The van der Waals surface area contributed by atoms with Crippen LogP contribution in [0.4, 0.5) is 10.5 Å². The van der Waals surface area contributed by atoms with Gasteiger partial charge in [-0.05, 0) is 67.1 Å². The van der Waals surface area contributed by atoms with Crippen molar-refractivity contribution in [2.45, 2.75) is 20.5 Å². The van der Waals surface area contributed by atoms with Gasteiger partial charge in [0.25, 0.3) is 11.1 Å². The molecule has 3 amide bonds. The van der Waals surface area contributed by atoms with E-state index in [1.807, 2.05) is 74.5 Å². The fourth-order valence-electron chi connectivity index (χ4n) is 3.28. The zero-order valence-electron chi connectivity index (χ0n) is 18.9. The fourth-order valence-corrected chi connectivity index (χ4v) is 4.12. The van der Waals surface area contributed by atoms with E-state index in [4.69, 9.17) is 4.74 Å². The molecule has 4 rings (SSSR count). The number of benzene rings is 3. The van der Waals surface area contributed by atoms with Crippen molar-refractivity contribution in [1.82, 2.24) is 4.90 Å². The summed E-state index contributed by atoms with van der Waals surface area (Å²) in [4.78, 5) is 38.6. The molecule has 1 fully saturated rings. The number of hydrogen-bond donors (Lipinski definition) is 1. The summed E-state index contributed by atoms with van der Waals surface area (Å²) in [7, 11) is 0. The van der Waals surface area contributed by atoms with E-state index in [9.17, 15) is 14.4 Å². The molecule has 0 saturated carbocycles. The lowest BCUT2D eigenvalue weighted by molar-refractivity contribution is -0.127. The number of anilines is 1. The van der Waals surface area contributed by atoms with Crippen LogP contribution in [-0.4, -0.2) is 28.5 Å². The molecule has 3 aromatic carbocycles. The Hall–Kier alpha value is -3.84. The highest BCUT2D eigenvalue weighted by atomic mass is 32.2. The highest BCUT2D eigenvalue weighted by Gasteiger charge is 2.36. The second-order valence-electron chi connectivity index (χ2n) is 8.03. The highest BCUT2D eigenvalue weighted by Crippen LogP contribution is 2.32. The topological polar surface area (TPSA) is 75.7 Å². The van der Waals surface area contributed by atoms with Crippen molar-refractivity contribution in [3.8, 4) is 5.75 Å². The van der Waals surface area contributed by atoms with Crippen LogP contribution in [0.2, 0.25) is 0 Å². The van der Waals surface area contributed by atoms with E-state index >= 15 is 0 Å². The van der Waals surface area contributed by atoms with Gasteiger partial charge in [-0.3, -0.25) is 19.3 Å². The molecular weight excluding hydrogens is 448 g/mol. The minimum atomic E-state index is -0.478. The second-order valence-corrected chi connectivity index (χ2v) is 9.02. The summed E-state index contributed by atoms with van der Waals surface area (Å²) in [5.74, 6) is -0.199. The third-order valence-electron chi connectivity index (χ3n) is 5.21. The summed E-state index contributed by atoms with van der Waals surface area (Å²) in [6, 6.07) is 22.7. The van der Waals surface area contributed by atoms with Crippen molar-refractivity contribution in [3.63, 3.8) is 0 Å². The van der Waals surface area contributed by atoms with E-state index < -0.39 is 17.1 Å². The molecule has 0 spiro atoms. The highest BCUT2D eigenvalue weighted by molar-refractivity contribution is 8.18. The molecule has 1 aliphatic rings. The minimum Gasteiger partial charge on any atom is -0.489 e. The summed E-state index contributed by atoms with van der Waals surface area (Å²) in [5.41, 5.74) is 4.72. The lowest BCUT2D eigenvalue weighted by Gasteiger charge is -2.12. The van der Waals surface area contributed by atoms with Crippen LogP contribution in [0.5, 0.6) is 5.75 Å². The molecule has 1 N–H and O–H groups in total. The third-order valence-corrected chi connectivity index (χ3v) is 6.12. The number of nitrogens with one attached hydrogen (secondary N) is 1. The zero-order chi connectivity index (χ0) is 24.1. The number of imide groups is 1. The first-order valence-corrected chi connectivity index (χ1v) is 11.6. The van der Waals surface area contributed by atoms with Gasteiger partial charge in [0.1, 0.15) is 18.9 Å². The third kappa shape index (κ3) is 5.94. The lowest BCUT2D eigenvalue weighted by atomic mass is 10.1. The van der Waals surface area contributed by atoms with Gasteiger partial charge in [-0.2, -0.15) is 0 Å². The number of nitrogens with zero attached hydrogens (tertiary/aromatic N) is 1. The van der Waals surface area contributed by atoms with Crippen molar-refractivity contribution in [2.75, 3.05) is 11.9 Å². The van der Waals surface area contributed by atoms with Crippen LogP contribution in [-0.2, 0) is 16.2 Å². The maximum atomic E-state index is 12.7. The number of thioether (sulfide) groups is 1. The number of rotatable bonds is 7. The van der Waals surface area contributed by atoms with Gasteiger partial charge in [0.15, 0.2) is 0 Å². The Morgan fingerprint density at radius 3 is 2.18 bits per heavy atom. The van der Waals surface area contributed by atoms with E-state index in [0.29, 0.717) is 18.0 Å². The Labute approximate surface area is 202 Å². The normalized spacial score (nSPS) is 14.5. The summed E-state index contributed by atoms with van der Waals surface area (Å²) >= 11 is 0.827. The molecule has 0 aliphatic carbocycles. The van der Waals surface area contributed by atoms with Crippen molar-refractivity contribution >= 4 is 40.6 Å². The van der Waals surface area contributed by atoms with Crippen LogP contribution < -0.4 is 10.1 Å². The maximum absolute atomic E-state index is 12.7. The van der Waals surface area contributed by atoms with Crippen LogP contribution in [0.15, 0.2) is 77.7 Å². The second kappa shape index (κ2) is 10.4. The summed E-state index contributed by atoms with van der Waals surface area (Å²) < 4.78 is 5.81. The number of carbonyl (C=O) groups is 3. The number of carbonyl (C=O) groups excluding carboxylic acids is 3. The van der Waals surface area contributed by atoms with E-state index in [2.05, 4.69) is 5.32 Å². The van der Waals surface area contributed by atoms with Gasteiger partial charge in [0, 0.05) is 5.69 Å². The Morgan fingerprint density at radius 1 is 0.912 bits per heavy atom. The van der Waals surface area contributed by atoms with Crippen LogP contribution in [0.25, 0.3) is 6.08 Å². The summed E-state index contributed by atoms with van der Waals surface area (Å²) in [5, 5.41) is 2.24. The van der Waals surface area contributed by atoms with Gasteiger partial charge in [0.2, 0.25) is 5.91 Å². The van der Waals surface area contributed by atoms with Crippen molar-refractivity contribution in [2.24, 2.45) is 0 Å². The van der Waals surface area contributed by atoms with E-state index in [1.54, 1.807) is 18.2 Å². The lowest BCUT2D eigenvalue weighted by Crippen LogP contribution is -2.36. The number of aryl methyl sites for hydroxylation is 2. The Kier molecular flexibility index (Phi) is 7.13. The number of amides is 3. The molecule has 0 aromatic heterocycles. The Balaban J connectivity index is 1.35. The van der Waals surface area contributed by atoms with Crippen molar-refractivity contribution in [1.29, 1.82) is 0 Å². The SMILES string of the molecule is Cc1ccc(COc2ccc(/C=C3/SC(=O)N(CC(=O)Nc4ccc(C)cc4)C3=O)cc2)cc1. The molecule has 1 saturated heterocycles. The minimum absolute atomic E-state index is 0.279. The van der Waals surface area contributed by atoms with Gasteiger partial charge in [-0.25, -0.2) is 0 Å². The van der Waals surface area contributed by atoms with Crippen molar-refractivity contribution in [3.05, 3.63) is 100.0 Å². The molecule has 6 nitrogen and oxygen atoms in total. The average molecular weight is 473 g/mol. The molecule has 1 heterocycles. The largest absolute Gasteiger partial charge is 0.489 e. The molecular formula is C27H24N2O4S. The number of hydrogen-bond acceptors (Lipinski definition) is 5. The molecule has 0 radical (unpaired) electrons. The predicted octanol–water partition coefficient (Wildman–Crippen LogP) is 5.56. The van der Waals surface area contributed by atoms with Crippen LogP contribution in [0.1, 0.15) is 22.3 Å². The molecule has 0 atom stereocenters. The number of ether oxygens (including phenoxy) is 1. The van der Waals surface area contributed by atoms with Gasteiger partial charge in [0.05, 0.1) is 4.91 Å². The van der Waals surface area contributed by atoms with Crippen LogP contribution in [0.3, 0.4) is 0 Å². The zero-order valence-corrected chi connectivity index (χ0v) is 19.7. The van der Waals surface area contributed by atoms with Gasteiger partial charge in [-0.1, -0.05) is 59.7 Å². The molecule has 172 valence electrons. The first-order chi connectivity index (χ1) is 16.4. The first-order valence-electron chi connectivity index (χ1n) is 10.8. The summed E-state index contributed by atoms with van der Waals surface area (Å²) in [6.07, 6.45) is 1.65.